The molecule has 0 bridgehead atoms. The highest BCUT2D eigenvalue weighted by molar-refractivity contribution is 4.83. The molecule has 0 aliphatic carbocycles. The van der Waals surface area contributed by atoms with E-state index in [0.29, 0.717) is 0 Å². The monoisotopic (exact) mass is 253 g/mol. The number of likely N-dealkylation sites (tertiary alicyclic amines) is 1. The third-order valence-electron chi connectivity index (χ3n) is 4.83. The summed E-state index contributed by atoms with van der Waals surface area (Å²) in [6, 6.07) is 0.755. The SMILES string of the molecule is CC(C)C1CNCCN1CCC1CCN(C)CC1. The number of piperazine rings is 1. The lowest BCUT2D eigenvalue weighted by Crippen LogP contribution is -2.53. The highest BCUT2D eigenvalue weighted by Gasteiger charge is 2.25. The Bertz CT molecular complexity index is 234. The van der Waals surface area contributed by atoms with Crippen LogP contribution in [0.5, 0.6) is 0 Å². The molecule has 3 heteroatoms. The molecule has 1 unspecified atom stereocenters. The zero-order valence-electron chi connectivity index (χ0n) is 12.5. The number of piperidine rings is 1. The van der Waals surface area contributed by atoms with E-state index in [9.17, 15) is 0 Å². The van der Waals surface area contributed by atoms with Gasteiger partial charge in [-0.1, -0.05) is 13.8 Å². The molecular formula is C15H31N3. The number of hydrogen-bond acceptors (Lipinski definition) is 3. The predicted molar refractivity (Wildman–Crippen MR) is 77.9 cm³/mol. The van der Waals surface area contributed by atoms with E-state index in [1.165, 1.54) is 58.5 Å². The van der Waals surface area contributed by atoms with E-state index in [-0.39, 0.29) is 0 Å². The Hall–Kier alpha value is -0.120. The molecule has 1 atom stereocenters. The molecule has 2 aliphatic rings. The van der Waals surface area contributed by atoms with Crippen molar-refractivity contribution in [1.82, 2.24) is 15.1 Å². The average Bonchev–Trinajstić information content (AvgIpc) is 2.38. The predicted octanol–water partition coefficient (Wildman–Crippen LogP) is 1.65. The van der Waals surface area contributed by atoms with Crippen LogP contribution in [0.25, 0.3) is 0 Å². The molecule has 0 saturated carbocycles. The van der Waals surface area contributed by atoms with Crippen molar-refractivity contribution in [2.75, 3.05) is 46.3 Å². The summed E-state index contributed by atoms with van der Waals surface area (Å²) in [6.07, 6.45) is 4.24. The Balaban J connectivity index is 1.74. The second-order valence-electron chi connectivity index (χ2n) is 6.59. The second kappa shape index (κ2) is 6.88. The number of rotatable bonds is 4. The molecule has 3 nitrogen and oxygen atoms in total. The van der Waals surface area contributed by atoms with E-state index in [4.69, 9.17) is 0 Å². The molecule has 2 aliphatic heterocycles. The molecule has 0 amide bonds. The summed E-state index contributed by atoms with van der Waals surface area (Å²) < 4.78 is 0. The van der Waals surface area contributed by atoms with Gasteiger partial charge >= 0.3 is 0 Å². The van der Waals surface area contributed by atoms with Crippen LogP contribution in [0, 0.1) is 11.8 Å². The van der Waals surface area contributed by atoms with Crippen LogP contribution in [0.3, 0.4) is 0 Å². The van der Waals surface area contributed by atoms with Crippen LogP contribution in [-0.4, -0.2) is 62.2 Å². The van der Waals surface area contributed by atoms with Crippen LogP contribution in [0.15, 0.2) is 0 Å². The van der Waals surface area contributed by atoms with Gasteiger partial charge in [0.2, 0.25) is 0 Å². The quantitative estimate of drug-likeness (QED) is 0.822. The highest BCUT2D eigenvalue weighted by atomic mass is 15.2. The third-order valence-corrected chi connectivity index (χ3v) is 4.83. The molecule has 0 aromatic carbocycles. The molecule has 106 valence electrons. The van der Waals surface area contributed by atoms with Gasteiger partial charge in [0, 0.05) is 25.7 Å². The van der Waals surface area contributed by atoms with E-state index in [2.05, 4.69) is 36.0 Å². The van der Waals surface area contributed by atoms with Crippen LogP contribution < -0.4 is 5.32 Å². The van der Waals surface area contributed by atoms with Crippen molar-refractivity contribution >= 4 is 0 Å². The molecule has 0 spiro atoms. The summed E-state index contributed by atoms with van der Waals surface area (Å²) in [5.74, 6) is 1.75. The molecule has 0 aromatic rings. The van der Waals surface area contributed by atoms with Gasteiger partial charge in [-0.2, -0.15) is 0 Å². The van der Waals surface area contributed by atoms with Crippen molar-refractivity contribution in [3.63, 3.8) is 0 Å². The van der Waals surface area contributed by atoms with Gasteiger partial charge in [-0.3, -0.25) is 4.90 Å². The van der Waals surface area contributed by atoms with Gasteiger partial charge < -0.3 is 10.2 Å². The summed E-state index contributed by atoms with van der Waals surface area (Å²) >= 11 is 0. The van der Waals surface area contributed by atoms with Gasteiger partial charge in [0.1, 0.15) is 0 Å². The number of hydrogen-bond donors (Lipinski definition) is 1. The minimum atomic E-state index is 0.755. The molecular weight excluding hydrogens is 222 g/mol. The fourth-order valence-electron chi connectivity index (χ4n) is 3.40. The van der Waals surface area contributed by atoms with Crippen LogP contribution in [0.1, 0.15) is 33.1 Å². The fraction of sp³-hybridized carbons (Fsp3) is 1.00. The van der Waals surface area contributed by atoms with E-state index >= 15 is 0 Å². The maximum absolute atomic E-state index is 3.54. The van der Waals surface area contributed by atoms with Crippen molar-refractivity contribution in [1.29, 1.82) is 0 Å². The maximum Gasteiger partial charge on any atom is 0.0244 e. The van der Waals surface area contributed by atoms with Crippen LogP contribution >= 0.6 is 0 Å². The summed E-state index contributed by atoms with van der Waals surface area (Å²) in [7, 11) is 2.25. The Labute approximate surface area is 113 Å². The molecule has 2 fully saturated rings. The molecule has 2 heterocycles. The minimum Gasteiger partial charge on any atom is -0.314 e. The standard InChI is InChI=1S/C15H31N3/c1-13(2)15-12-16-7-11-18(15)10-6-14-4-8-17(3)9-5-14/h13-16H,4-12H2,1-3H3. The second-order valence-corrected chi connectivity index (χ2v) is 6.59. The van der Waals surface area contributed by atoms with Crippen molar-refractivity contribution in [3.8, 4) is 0 Å². The first-order chi connectivity index (χ1) is 8.66. The molecule has 2 saturated heterocycles. The first-order valence-corrected chi connectivity index (χ1v) is 7.80. The van der Waals surface area contributed by atoms with Crippen LogP contribution in [0.4, 0.5) is 0 Å². The first-order valence-electron chi connectivity index (χ1n) is 7.80. The van der Waals surface area contributed by atoms with Crippen molar-refractivity contribution < 1.29 is 0 Å². The third kappa shape index (κ3) is 3.94. The maximum atomic E-state index is 3.54. The molecule has 0 radical (unpaired) electrons. The summed E-state index contributed by atoms with van der Waals surface area (Å²) in [5, 5.41) is 3.54. The molecule has 18 heavy (non-hydrogen) atoms. The van der Waals surface area contributed by atoms with Gasteiger partial charge in [-0.05, 0) is 57.8 Å². The largest absolute Gasteiger partial charge is 0.314 e. The Morgan fingerprint density at radius 1 is 1.17 bits per heavy atom. The Kier molecular flexibility index (Phi) is 5.46. The summed E-state index contributed by atoms with van der Waals surface area (Å²) in [4.78, 5) is 5.21. The van der Waals surface area contributed by atoms with E-state index in [1.807, 2.05) is 0 Å². The van der Waals surface area contributed by atoms with Crippen molar-refractivity contribution in [2.45, 2.75) is 39.2 Å². The van der Waals surface area contributed by atoms with E-state index < -0.39 is 0 Å². The summed E-state index contributed by atoms with van der Waals surface area (Å²) in [5.41, 5.74) is 0. The Morgan fingerprint density at radius 2 is 1.89 bits per heavy atom. The summed E-state index contributed by atoms with van der Waals surface area (Å²) in [6.45, 7) is 12.3. The van der Waals surface area contributed by atoms with E-state index in [0.717, 1.165) is 17.9 Å². The molecule has 1 N–H and O–H groups in total. The molecule has 0 aromatic heterocycles. The lowest BCUT2D eigenvalue weighted by molar-refractivity contribution is 0.108. The lowest BCUT2D eigenvalue weighted by Gasteiger charge is -2.40. The van der Waals surface area contributed by atoms with Gasteiger partial charge in [-0.15, -0.1) is 0 Å². The van der Waals surface area contributed by atoms with Gasteiger partial charge in [0.15, 0.2) is 0 Å². The van der Waals surface area contributed by atoms with Gasteiger partial charge in [0.05, 0.1) is 0 Å². The van der Waals surface area contributed by atoms with E-state index in [1.54, 1.807) is 0 Å². The zero-order valence-corrected chi connectivity index (χ0v) is 12.5. The van der Waals surface area contributed by atoms with Crippen molar-refractivity contribution in [3.05, 3.63) is 0 Å². The van der Waals surface area contributed by atoms with Crippen LogP contribution in [-0.2, 0) is 0 Å². The number of nitrogens with zero attached hydrogens (tertiary/aromatic N) is 2. The average molecular weight is 253 g/mol. The van der Waals surface area contributed by atoms with Crippen molar-refractivity contribution in [2.24, 2.45) is 11.8 Å². The van der Waals surface area contributed by atoms with Crippen LogP contribution in [0.2, 0.25) is 0 Å². The minimum absolute atomic E-state index is 0.755. The normalized spacial score (nSPS) is 29.0. The van der Waals surface area contributed by atoms with Gasteiger partial charge in [-0.25, -0.2) is 0 Å². The number of nitrogens with one attached hydrogen (secondary N) is 1. The molecule has 2 rings (SSSR count). The topological polar surface area (TPSA) is 18.5 Å². The first kappa shape index (κ1) is 14.3. The zero-order chi connectivity index (χ0) is 13.0. The Morgan fingerprint density at radius 3 is 2.56 bits per heavy atom. The smallest absolute Gasteiger partial charge is 0.0244 e. The lowest BCUT2D eigenvalue weighted by atomic mass is 9.92. The fourth-order valence-corrected chi connectivity index (χ4v) is 3.40. The van der Waals surface area contributed by atoms with Gasteiger partial charge in [0.25, 0.3) is 0 Å². The highest BCUT2D eigenvalue weighted by Crippen LogP contribution is 2.21.